The van der Waals surface area contributed by atoms with Crippen LogP contribution in [0.3, 0.4) is 0 Å². The van der Waals surface area contributed by atoms with Gasteiger partial charge in [0.25, 0.3) is 0 Å². The monoisotopic (exact) mass is 272 g/mol. The fraction of sp³-hybridized carbons (Fsp3) is 0.400. The van der Waals surface area contributed by atoms with Crippen molar-refractivity contribution < 1.29 is 3.44 Å². The van der Waals surface area contributed by atoms with Crippen molar-refractivity contribution in [3.05, 3.63) is 30.3 Å². The molecule has 0 atom stereocenters. The predicted octanol–water partition coefficient (Wildman–Crippen LogP) is 1.87. The van der Waals surface area contributed by atoms with Crippen LogP contribution in [-0.4, -0.2) is 22.2 Å². The third-order valence-electron chi connectivity index (χ3n) is 2.48. The third-order valence-corrected chi connectivity index (χ3v) is 13.2. The normalized spacial score (nSPS) is 11.6. The zero-order valence-electron chi connectivity index (χ0n) is 7.75. The van der Waals surface area contributed by atoms with Crippen LogP contribution in [-0.2, 0) is 0 Å². The van der Waals surface area contributed by atoms with Gasteiger partial charge in [-0.05, 0) is 0 Å². The Balaban J connectivity index is 2.95. The van der Waals surface area contributed by atoms with Gasteiger partial charge in [0.05, 0.1) is 0 Å². The molecule has 0 fully saturated rings. The molecule has 0 amide bonds. The van der Waals surface area contributed by atoms with E-state index >= 15 is 0 Å². The van der Waals surface area contributed by atoms with Crippen molar-refractivity contribution in [1.29, 1.82) is 0 Å². The van der Waals surface area contributed by atoms with Crippen molar-refractivity contribution in [3.63, 3.8) is 0 Å². The van der Waals surface area contributed by atoms with E-state index in [1.165, 1.54) is 3.58 Å². The number of hydrogen-bond acceptors (Lipinski definition) is 1. The van der Waals surface area contributed by atoms with Crippen LogP contribution >= 0.6 is 0 Å². The quantitative estimate of drug-likeness (QED) is 0.832. The van der Waals surface area contributed by atoms with Gasteiger partial charge in [-0.1, -0.05) is 0 Å². The molecule has 1 N–H and O–H groups in total. The summed E-state index contributed by atoms with van der Waals surface area (Å²) in [6.45, 7) is 4.21. The van der Waals surface area contributed by atoms with Gasteiger partial charge in [-0.15, -0.1) is 0 Å². The average Bonchev–Trinajstić information content (AvgIpc) is 2.18. The molecule has 12 heavy (non-hydrogen) atoms. The van der Waals surface area contributed by atoms with E-state index in [1.54, 1.807) is 0 Å². The predicted molar refractivity (Wildman–Crippen MR) is 55.0 cm³/mol. The summed E-state index contributed by atoms with van der Waals surface area (Å²) in [4.78, 5) is 0. The first-order chi connectivity index (χ1) is 5.73. The second-order valence-electron chi connectivity index (χ2n) is 3.10. The Bertz CT molecular complexity index is 229. The van der Waals surface area contributed by atoms with E-state index in [2.05, 4.69) is 26.0 Å². The Morgan fingerprint density at radius 1 is 1.08 bits per heavy atom. The van der Waals surface area contributed by atoms with Crippen LogP contribution < -0.4 is 3.58 Å². The zero-order valence-corrected chi connectivity index (χ0v) is 10.6. The molecule has 1 aromatic carbocycles. The molecule has 0 heterocycles. The Labute approximate surface area is 78.9 Å². The van der Waals surface area contributed by atoms with Crippen LogP contribution in [0.15, 0.2) is 30.3 Å². The molecule has 2 heteroatoms. The molecule has 0 radical (unpaired) electrons. The molecule has 0 aliphatic heterocycles. The average molecular weight is 271 g/mol. The molecule has 0 aromatic heterocycles. The van der Waals surface area contributed by atoms with Crippen molar-refractivity contribution in [2.75, 3.05) is 0 Å². The van der Waals surface area contributed by atoms with E-state index in [0.717, 1.165) is 8.87 Å². The summed E-state index contributed by atoms with van der Waals surface area (Å²) >= 11 is -2.82. The summed E-state index contributed by atoms with van der Waals surface area (Å²) in [7, 11) is 0. The first-order valence-electron chi connectivity index (χ1n) is 4.51. The summed E-state index contributed by atoms with van der Waals surface area (Å²) < 4.78 is 13.5. The fourth-order valence-electron chi connectivity index (χ4n) is 1.41. The summed E-state index contributed by atoms with van der Waals surface area (Å²) in [5.74, 6) is 0. The van der Waals surface area contributed by atoms with E-state index in [9.17, 15) is 3.44 Å². The van der Waals surface area contributed by atoms with Crippen LogP contribution in [0.5, 0.6) is 0 Å². The minimum atomic E-state index is -2.82. The van der Waals surface area contributed by atoms with E-state index < -0.39 is 18.8 Å². The molecule has 0 unspecified atom stereocenters. The first-order valence-corrected chi connectivity index (χ1v) is 11.2. The van der Waals surface area contributed by atoms with Gasteiger partial charge < -0.3 is 0 Å². The van der Waals surface area contributed by atoms with E-state index in [0.29, 0.717) is 0 Å². The van der Waals surface area contributed by atoms with Crippen molar-refractivity contribution in [1.82, 2.24) is 0 Å². The molecular formula is C10H16OSn. The Kier molecular flexibility index (Phi) is 3.59. The molecule has 1 rings (SSSR count). The van der Waals surface area contributed by atoms with Crippen LogP contribution in [0, 0.1) is 0 Å². The van der Waals surface area contributed by atoms with Gasteiger partial charge in [-0.2, -0.15) is 0 Å². The maximum absolute atomic E-state index is 10.3. The second-order valence-corrected chi connectivity index (χ2v) is 14.7. The summed E-state index contributed by atoms with van der Waals surface area (Å²) in [6, 6.07) is 10.2. The third kappa shape index (κ3) is 2.02. The van der Waals surface area contributed by atoms with Crippen LogP contribution in [0.1, 0.15) is 13.8 Å². The van der Waals surface area contributed by atoms with Crippen molar-refractivity contribution >= 4 is 22.4 Å². The molecule has 0 bridgehead atoms. The van der Waals surface area contributed by atoms with E-state index in [1.807, 2.05) is 18.2 Å². The summed E-state index contributed by atoms with van der Waals surface area (Å²) in [6.07, 6.45) is 0. The molecule has 1 nitrogen and oxygen atoms in total. The molecule has 0 spiro atoms. The van der Waals surface area contributed by atoms with Gasteiger partial charge in [-0.3, -0.25) is 0 Å². The van der Waals surface area contributed by atoms with Gasteiger partial charge in [0.2, 0.25) is 0 Å². The summed E-state index contributed by atoms with van der Waals surface area (Å²) in [5.41, 5.74) is 0. The second kappa shape index (κ2) is 4.28. The number of hydrogen-bond donors (Lipinski definition) is 1. The van der Waals surface area contributed by atoms with Gasteiger partial charge in [-0.25, -0.2) is 0 Å². The van der Waals surface area contributed by atoms with Crippen molar-refractivity contribution in [3.8, 4) is 0 Å². The van der Waals surface area contributed by atoms with Crippen LogP contribution in [0.2, 0.25) is 8.87 Å². The molecule has 0 saturated carbocycles. The Morgan fingerprint density at radius 3 is 2.00 bits per heavy atom. The fourth-order valence-corrected chi connectivity index (χ4v) is 7.48. The number of benzene rings is 1. The van der Waals surface area contributed by atoms with E-state index in [4.69, 9.17) is 0 Å². The van der Waals surface area contributed by atoms with Gasteiger partial charge in [0.1, 0.15) is 0 Å². The Morgan fingerprint density at radius 2 is 1.58 bits per heavy atom. The minimum absolute atomic E-state index is 0.981. The van der Waals surface area contributed by atoms with Gasteiger partial charge in [0.15, 0.2) is 0 Å². The topological polar surface area (TPSA) is 20.2 Å². The first kappa shape index (κ1) is 10.1. The van der Waals surface area contributed by atoms with E-state index in [-0.39, 0.29) is 0 Å². The standard InChI is InChI=1S/C6H5.2C2H5.H2O.Sn/c1-2-4-6-5-3-1;2*1-2;;/h1-5H;2*1H2,2H3;1H2;/q;;;;+1/p-1. The zero-order chi connectivity index (χ0) is 9.03. The van der Waals surface area contributed by atoms with Gasteiger partial charge in [0, 0.05) is 0 Å². The van der Waals surface area contributed by atoms with Crippen LogP contribution in [0.4, 0.5) is 0 Å². The van der Waals surface area contributed by atoms with Crippen LogP contribution in [0.25, 0.3) is 0 Å². The van der Waals surface area contributed by atoms with Crippen molar-refractivity contribution in [2.24, 2.45) is 0 Å². The maximum atomic E-state index is 10.3. The van der Waals surface area contributed by atoms with Gasteiger partial charge >= 0.3 is 78.9 Å². The SMILES string of the molecule is C[CH2][Sn]([OH])([CH2]C)[c]1ccccc1. The molecule has 0 aliphatic carbocycles. The summed E-state index contributed by atoms with van der Waals surface area (Å²) in [5, 5.41) is 0. The molecule has 0 saturated heterocycles. The molecule has 0 aliphatic rings. The van der Waals surface area contributed by atoms with Crippen molar-refractivity contribution in [2.45, 2.75) is 22.7 Å². The Hall–Kier alpha value is -0.0213. The molecule has 66 valence electrons. The molecule has 1 aromatic rings. The number of rotatable bonds is 3. The molecular weight excluding hydrogens is 255 g/mol.